The molecule has 0 saturated carbocycles. The molecule has 1 N–H and O–H groups in total. The van der Waals surface area contributed by atoms with Gasteiger partial charge < -0.3 is 14.8 Å². The fourth-order valence-electron chi connectivity index (χ4n) is 1.63. The van der Waals surface area contributed by atoms with E-state index in [9.17, 15) is 9.59 Å². The van der Waals surface area contributed by atoms with Crippen molar-refractivity contribution in [1.82, 2.24) is 5.32 Å². The van der Waals surface area contributed by atoms with Crippen molar-refractivity contribution in [2.45, 2.75) is 45.8 Å². The molecular weight excluding hydrogens is 282 g/mol. The molecule has 5 nitrogen and oxygen atoms in total. The average Bonchev–Trinajstić information content (AvgIpc) is 2.35. The van der Waals surface area contributed by atoms with Crippen LogP contribution in [0.3, 0.4) is 0 Å². The fourth-order valence-corrected chi connectivity index (χ4v) is 1.63. The van der Waals surface area contributed by atoms with Crippen molar-refractivity contribution >= 4 is 12.1 Å². The van der Waals surface area contributed by atoms with Crippen LogP contribution in [0, 0.1) is 12.3 Å². The maximum Gasteiger partial charge on any atom is 0.407 e. The van der Waals surface area contributed by atoms with E-state index in [-0.39, 0.29) is 6.42 Å². The number of benzene rings is 1. The second-order valence-corrected chi connectivity index (χ2v) is 5.90. The molecule has 22 heavy (non-hydrogen) atoms. The number of rotatable bonds is 4. The van der Waals surface area contributed by atoms with Crippen LogP contribution in [0.4, 0.5) is 4.79 Å². The molecule has 0 saturated heterocycles. The van der Waals surface area contributed by atoms with Gasteiger partial charge in [0.05, 0.1) is 6.42 Å². The first-order valence-corrected chi connectivity index (χ1v) is 6.96. The van der Waals surface area contributed by atoms with Crippen LogP contribution in [0.25, 0.3) is 0 Å². The molecule has 0 aliphatic rings. The Morgan fingerprint density at radius 3 is 2.64 bits per heavy atom. The van der Waals surface area contributed by atoms with Crippen LogP contribution in [0.15, 0.2) is 24.3 Å². The number of nitrogens with one attached hydrogen (secondary N) is 1. The Kier molecular flexibility index (Phi) is 6.00. The normalized spacial score (nSPS) is 12.0. The maximum atomic E-state index is 11.8. The molecule has 5 heteroatoms. The van der Waals surface area contributed by atoms with E-state index in [1.54, 1.807) is 52.0 Å². The quantitative estimate of drug-likeness (QED) is 0.528. The monoisotopic (exact) mass is 303 g/mol. The summed E-state index contributed by atoms with van der Waals surface area (Å²) in [6.45, 7) is 7.00. The Morgan fingerprint density at radius 1 is 1.36 bits per heavy atom. The molecule has 0 aliphatic carbocycles. The van der Waals surface area contributed by atoms with E-state index >= 15 is 0 Å². The molecular formula is C17H21NO4. The molecule has 0 aromatic heterocycles. The first-order chi connectivity index (χ1) is 10.2. The standard InChI is InChI=1S/C17H21NO4/c1-6-13-8-7-9-14(11-13)21-15(19)10-12(2)18-16(20)22-17(3,4)5/h1,7-9,11-12H,10H2,2-5H3,(H,18,20). The van der Waals surface area contributed by atoms with Crippen LogP contribution in [0.2, 0.25) is 0 Å². The van der Waals surface area contributed by atoms with Gasteiger partial charge in [-0.05, 0) is 45.9 Å². The fraction of sp³-hybridized carbons (Fsp3) is 0.412. The Labute approximate surface area is 131 Å². The lowest BCUT2D eigenvalue weighted by Gasteiger charge is -2.21. The van der Waals surface area contributed by atoms with E-state index < -0.39 is 23.7 Å². The number of amides is 1. The first-order valence-electron chi connectivity index (χ1n) is 6.96. The lowest BCUT2D eigenvalue weighted by molar-refractivity contribution is -0.134. The van der Waals surface area contributed by atoms with E-state index in [1.165, 1.54) is 0 Å². The summed E-state index contributed by atoms with van der Waals surface area (Å²) in [4.78, 5) is 23.4. The maximum absolute atomic E-state index is 11.8. The second-order valence-electron chi connectivity index (χ2n) is 5.90. The molecule has 1 unspecified atom stereocenters. The number of carbonyl (C=O) groups excluding carboxylic acids is 2. The molecule has 0 spiro atoms. The summed E-state index contributed by atoms with van der Waals surface area (Å²) >= 11 is 0. The number of carbonyl (C=O) groups is 2. The van der Waals surface area contributed by atoms with Crippen molar-refractivity contribution in [3.63, 3.8) is 0 Å². The van der Waals surface area contributed by atoms with Gasteiger partial charge in [-0.15, -0.1) is 6.42 Å². The minimum absolute atomic E-state index is 0.0273. The molecule has 1 aromatic rings. The van der Waals surface area contributed by atoms with Crippen molar-refractivity contribution in [1.29, 1.82) is 0 Å². The SMILES string of the molecule is C#Cc1cccc(OC(=O)CC(C)NC(=O)OC(C)(C)C)c1. The zero-order chi connectivity index (χ0) is 16.8. The van der Waals surface area contributed by atoms with Crippen LogP contribution in [0.5, 0.6) is 5.75 Å². The molecule has 0 radical (unpaired) electrons. The molecule has 1 atom stereocenters. The largest absolute Gasteiger partial charge is 0.444 e. The highest BCUT2D eigenvalue weighted by Crippen LogP contribution is 2.13. The highest BCUT2D eigenvalue weighted by molar-refractivity contribution is 5.74. The predicted molar refractivity (Wildman–Crippen MR) is 83.5 cm³/mol. The van der Waals surface area contributed by atoms with Gasteiger partial charge >= 0.3 is 12.1 Å². The zero-order valence-electron chi connectivity index (χ0n) is 13.3. The lowest BCUT2D eigenvalue weighted by atomic mass is 10.2. The average molecular weight is 303 g/mol. The predicted octanol–water partition coefficient (Wildman–Crippen LogP) is 2.88. The van der Waals surface area contributed by atoms with Crippen molar-refractivity contribution < 1.29 is 19.1 Å². The number of alkyl carbamates (subject to hydrolysis) is 1. The highest BCUT2D eigenvalue weighted by atomic mass is 16.6. The Bertz CT molecular complexity index is 581. The van der Waals surface area contributed by atoms with Crippen molar-refractivity contribution in [3.05, 3.63) is 29.8 Å². The van der Waals surface area contributed by atoms with Crippen LogP contribution < -0.4 is 10.1 Å². The smallest absolute Gasteiger partial charge is 0.407 e. The Balaban J connectivity index is 2.47. The number of hydrogen-bond acceptors (Lipinski definition) is 4. The first kappa shape index (κ1) is 17.6. The minimum Gasteiger partial charge on any atom is -0.444 e. The Morgan fingerprint density at radius 2 is 2.05 bits per heavy atom. The molecule has 1 amide bonds. The third kappa shape index (κ3) is 6.80. The van der Waals surface area contributed by atoms with Crippen molar-refractivity contribution in [2.75, 3.05) is 0 Å². The van der Waals surface area contributed by atoms with Crippen molar-refractivity contribution in [3.8, 4) is 18.1 Å². The summed E-state index contributed by atoms with van der Waals surface area (Å²) in [6.07, 6.45) is 4.74. The molecule has 118 valence electrons. The van der Waals surface area contributed by atoms with Gasteiger partial charge in [0, 0.05) is 11.6 Å². The summed E-state index contributed by atoms with van der Waals surface area (Å²) < 4.78 is 10.3. The number of terminal acetylenes is 1. The summed E-state index contributed by atoms with van der Waals surface area (Å²) in [7, 11) is 0. The summed E-state index contributed by atoms with van der Waals surface area (Å²) in [5.41, 5.74) is 0.0465. The van der Waals surface area contributed by atoms with Crippen LogP contribution >= 0.6 is 0 Å². The van der Waals surface area contributed by atoms with Gasteiger partial charge in [0.2, 0.25) is 0 Å². The molecule has 0 aliphatic heterocycles. The molecule has 0 bridgehead atoms. The van der Waals surface area contributed by atoms with Gasteiger partial charge in [-0.3, -0.25) is 4.79 Å². The van der Waals surface area contributed by atoms with Crippen LogP contribution in [-0.2, 0) is 9.53 Å². The van der Waals surface area contributed by atoms with Gasteiger partial charge in [0.1, 0.15) is 11.4 Å². The van der Waals surface area contributed by atoms with Crippen LogP contribution in [-0.4, -0.2) is 23.7 Å². The van der Waals surface area contributed by atoms with Crippen LogP contribution in [0.1, 0.15) is 39.7 Å². The topological polar surface area (TPSA) is 64.6 Å². The van der Waals surface area contributed by atoms with Gasteiger partial charge in [0.15, 0.2) is 0 Å². The second kappa shape index (κ2) is 7.51. The molecule has 0 heterocycles. The third-order valence-electron chi connectivity index (χ3n) is 2.47. The highest BCUT2D eigenvalue weighted by Gasteiger charge is 2.19. The van der Waals surface area contributed by atoms with E-state index in [0.717, 1.165) is 0 Å². The molecule has 1 rings (SSSR count). The lowest BCUT2D eigenvalue weighted by Crippen LogP contribution is -2.39. The summed E-state index contributed by atoms with van der Waals surface area (Å²) in [5, 5.41) is 2.58. The van der Waals surface area contributed by atoms with E-state index in [1.807, 2.05) is 0 Å². The van der Waals surface area contributed by atoms with Gasteiger partial charge in [-0.25, -0.2) is 4.79 Å². The third-order valence-corrected chi connectivity index (χ3v) is 2.47. The van der Waals surface area contributed by atoms with Crippen molar-refractivity contribution in [2.24, 2.45) is 0 Å². The number of esters is 1. The molecule has 0 fully saturated rings. The zero-order valence-corrected chi connectivity index (χ0v) is 13.3. The van der Waals surface area contributed by atoms with E-state index in [2.05, 4.69) is 11.2 Å². The minimum atomic E-state index is -0.583. The van der Waals surface area contributed by atoms with E-state index in [4.69, 9.17) is 15.9 Å². The molecule has 1 aromatic carbocycles. The van der Waals surface area contributed by atoms with E-state index in [0.29, 0.717) is 11.3 Å². The van der Waals surface area contributed by atoms with Gasteiger partial charge in [0.25, 0.3) is 0 Å². The Hall–Kier alpha value is -2.48. The van der Waals surface area contributed by atoms with Gasteiger partial charge in [-0.2, -0.15) is 0 Å². The van der Waals surface area contributed by atoms with Gasteiger partial charge in [-0.1, -0.05) is 12.0 Å². The number of hydrogen-bond donors (Lipinski definition) is 1. The number of ether oxygens (including phenoxy) is 2. The summed E-state index contributed by atoms with van der Waals surface area (Å²) in [6, 6.07) is 6.29. The summed E-state index contributed by atoms with van der Waals surface area (Å²) in [5.74, 6) is 2.38.